The number of unbranched alkanes of at least 4 members (excludes halogenated alkanes) is 15. The second kappa shape index (κ2) is 18.9. The van der Waals surface area contributed by atoms with Crippen molar-refractivity contribution in [1.29, 1.82) is 0 Å². The summed E-state index contributed by atoms with van der Waals surface area (Å²) >= 11 is 0. The Labute approximate surface area is 175 Å². The third kappa shape index (κ3) is 16.8. The van der Waals surface area contributed by atoms with Crippen molar-refractivity contribution in [3.63, 3.8) is 0 Å². The molecule has 0 rings (SSSR count). The molecule has 2 atom stereocenters. The van der Waals surface area contributed by atoms with Crippen LogP contribution in [0.3, 0.4) is 0 Å². The van der Waals surface area contributed by atoms with Gasteiger partial charge in [-0.3, -0.25) is 4.55 Å². The van der Waals surface area contributed by atoms with E-state index >= 15 is 0 Å². The highest BCUT2D eigenvalue weighted by molar-refractivity contribution is 7.86. The molecular formula is C23H48O4S. The van der Waals surface area contributed by atoms with Gasteiger partial charge in [0.1, 0.15) is 5.25 Å². The molecule has 0 saturated carbocycles. The molecule has 0 heterocycles. The highest BCUT2D eigenvalue weighted by Gasteiger charge is 2.29. The van der Waals surface area contributed by atoms with E-state index in [1.807, 2.05) is 0 Å². The molecule has 0 fully saturated rings. The third-order valence-corrected chi connectivity index (χ3v) is 7.07. The molecule has 0 aromatic carbocycles. The van der Waals surface area contributed by atoms with Crippen LogP contribution >= 0.6 is 0 Å². The highest BCUT2D eigenvalue weighted by atomic mass is 32.2. The van der Waals surface area contributed by atoms with Crippen LogP contribution in [-0.4, -0.2) is 29.4 Å². The second-order valence-corrected chi connectivity index (χ2v) is 10.1. The van der Waals surface area contributed by atoms with Crippen LogP contribution < -0.4 is 0 Å². The Morgan fingerprint density at radius 1 is 0.571 bits per heavy atom. The summed E-state index contributed by atoms with van der Waals surface area (Å²) in [5.41, 5.74) is 0. The summed E-state index contributed by atoms with van der Waals surface area (Å²) in [4.78, 5) is 0. The summed E-state index contributed by atoms with van der Waals surface area (Å²) in [5.74, 6) is 0. The average Bonchev–Trinajstić information content (AvgIpc) is 2.64. The largest absolute Gasteiger partial charge is 0.392 e. The summed E-state index contributed by atoms with van der Waals surface area (Å²) in [6.45, 7) is 4.41. The minimum atomic E-state index is -4.18. The summed E-state index contributed by atoms with van der Waals surface area (Å²) in [5, 5.41) is 9.26. The van der Waals surface area contributed by atoms with Crippen molar-refractivity contribution >= 4 is 10.1 Å². The number of rotatable bonds is 21. The third-order valence-electron chi connectivity index (χ3n) is 5.76. The molecule has 4 nitrogen and oxygen atoms in total. The lowest BCUT2D eigenvalue weighted by atomic mass is 10.0. The van der Waals surface area contributed by atoms with Gasteiger partial charge in [-0.1, -0.05) is 123 Å². The standard InChI is InChI=1S/C23H48O4S/c1-3-5-7-9-11-12-13-14-15-17-19-21-23(28(25,26)27)22(24)20-18-16-10-8-6-4-2/h22-24H,3-21H2,1-2H3,(H,25,26,27). The Balaban J connectivity index is 3.83. The van der Waals surface area contributed by atoms with Crippen molar-refractivity contribution in [2.45, 2.75) is 147 Å². The van der Waals surface area contributed by atoms with Gasteiger partial charge in [-0.05, 0) is 12.8 Å². The van der Waals surface area contributed by atoms with Gasteiger partial charge in [-0.15, -0.1) is 0 Å². The first-order chi connectivity index (χ1) is 13.4. The quantitative estimate of drug-likeness (QED) is 0.154. The lowest BCUT2D eigenvalue weighted by Crippen LogP contribution is -2.33. The lowest BCUT2D eigenvalue weighted by Gasteiger charge is -2.20. The maximum absolute atomic E-state index is 11.7. The molecule has 0 aliphatic rings. The predicted molar refractivity (Wildman–Crippen MR) is 120 cm³/mol. The van der Waals surface area contributed by atoms with Crippen LogP contribution in [0.25, 0.3) is 0 Å². The first-order valence-corrected chi connectivity index (χ1v) is 13.6. The van der Waals surface area contributed by atoms with Gasteiger partial charge in [0.15, 0.2) is 0 Å². The summed E-state index contributed by atoms with van der Waals surface area (Å²) in [6.07, 6.45) is 19.8. The van der Waals surface area contributed by atoms with Crippen LogP contribution in [0, 0.1) is 0 Å². The molecule has 0 aromatic heterocycles. The van der Waals surface area contributed by atoms with E-state index < -0.39 is 21.5 Å². The maximum Gasteiger partial charge on any atom is 0.270 e. The van der Waals surface area contributed by atoms with E-state index in [0.29, 0.717) is 12.8 Å². The fraction of sp³-hybridized carbons (Fsp3) is 1.00. The molecule has 0 aromatic rings. The van der Waals surface area contributed by atoms with Gasteiger partial charge in [-0.25, -0.2) is 0 Å². The second-order valence-electron chi connectivity index (χ2n) is 8.50. The van der Waals surface area contributed by atoms with E-state index in [1.165, 1.54) is 70.6 Å². The van der Waals surface area contributed by atoms with Crippen LogP contribution in [0.2, 0.25) is 0 Å². The van der Waals surface area contributed by atoms with Crippen molar-refractivity contribution in [1.82, 2.24) is 0 Å². The highest BCUT2D eigenvalue weighted by Crippen LogP contribution is 2.20. The zero-order valence-electron chi connectivity index (χ0n) is 18.7. The number of aliphatic hydroxyl groups excluding tert-OH is 1. The molecule has 2 unspecified atom stereocenters. The molecule has 0 saturated heterocycles. The van der Waals surface area contributed by atoms with Crippen LogP contribution in [0.5, 0.6) is 0 Å². The van der Waals surface area contributed by atoms with Crippen molar-refractivity contribution < 1.29 is 18.1 Å². The van der Waals surface area contributed by atoms with Crippen molar-refractivity contribution in [2.75, 3.05) is 0 Å². The summed E-state index contributed by atoms with van der Waals surface area (Å²) in [6, 6.07) is 0. The van der Waals surface area contributed by atoms with Gasteiger partial charge < -0.3 is 5.11 Å². The van der Waals surface area contributed by atoms with Crippen molar-refractivity contribution in [3.8, 4) is 0 Å². The minimum absolute atomic E-state index is 0.368. The Hall–Kier alpha value is -0.130. The maximum atomic E-state index is 11.7. The molecule has 170 valence electrons. The van der Waals surface area contributed by atoms with Crippen LogP contribution in [0.1, 0.15) is 136 Å². The van der Waals surface area contributed by atoms with Gasteiger partial charge in [-0.2, -0.15) is 8.42 Å². The Morgan fingerprint density at radius 3 is 1.25 bits per heavy atom. The van der Waals surface area contributed by atoms with E-state index in [-0.39, 0.29) is 0 Å². The zero-order chi connectivity index (χ0) is 21.1. The molecular weight excluding hydrogens is 372 g/mol. The van der Waals surface area contributed by atoms with Gasteiger partial charge >= 0.3 is 0 Å². The van der Waals surface area contributed by atoms with E-state index in [0.717, 1.165) is 38.5 Å². The molecule has 28 heavy (non-hydrogen) atoms. The monoisotopic (exact) mass is 420 g/mol. The number of hydrogen-bond acceptors (Lipinski definition) is 3. The SMILES string of the molecule is CCCCCCCCCCCCCC(C(O)CCCCCCCC)S(=O)(=O)O. The molecule has 2 N–H and O–H groups in total. The first-order valence-electron chi connectivity index (χ1n) is 12.1. The van der Waals surface area contributed by atoms with Gasteiger partial charge in [0.2, 0.25) is 0 Å². The number of hydrogen-bond donors (Lipinski definition) is 2. The minimum Gasteiger partial charge on any atom is -0.392 e. The van der Waals surface area contributed by atoms with Gasteiger partial charge in [0, 0.05) is 0 Å². The fourth-order valence-corrected chi connectivity index (χ4v) is 4.87. The van der Waals surface area contributed by atoms with Gasteiger partial charge in [0.05, 0.1) is 6.10 Å². The smallest absolute Gasteiger partial charge is 0.270 e. The molecule has 0 bridgehead atoms. The fourth-order valence-electron chi connectivity index (χ4n) is 3.87. The zero-order valence-corrected chi connectivity index (χ0v) is 19.5. The Bertz CT molecular complexity index is 422. The Morgan fingerprint density at radius 2 is 0.893 bits per heavy atom. The molecule has 0 aliphatic heterocycles. The molecule has 0 radical (unpaired) electrons. The predicted octanol–water partition coefficient (Wildman–Crippen LogP) is 7.06. The van der Waals surface area contributed by atoms with Crippen LogP contribution in [0.15, 0.2) is 0 Å². The van der Waals surface area contributed by atoms with E-state index in [9.17, 15) is 18.1 Å². The normalized spacial score (nSPS) is 14.3. The van der Waals surface area contributed by atoms with Crippen LogP contribution in [-0.2, 0) is 10.1 Å². The van der Waals surface area contributed by atoms with Crippen LogP contribution in [0.4, 0.5) is 0 Å². The van der Waals surface area contributed by atoms with E-state index in [2.05, 4.69) is 13.8 Å². The molecule has 0 spiro atoms. The topological polar surface area (TPSA) is 74.6 Å². The summed E-state index contributed by atoms with van der Waals surface area (Å²) < 4.78 is 32.8. The molecule has 0 aliphatic carbocycles. The number of aliphatic hydroxyl groups is 1. The average molecular weight is 421 g/mol. The molecule has 5 heteroatoms. The lowest BCUT2D eigenvalue weighted by molar-refractivity contribution is 0.146. The van der Waals surface area contributed by atoms with Crippen molar-refractivity contribution in [2.24, 2.45) is 0 Å². The van der Waals surface area contributed by atoms with E-state index in [1.54, 1.807) is 0 Å². The summed E-state index contributed by atoms with van der Waals surface area (Å²) in [7, 11) is -4.18. The Kier molecular flexibility index (Phi) is 18.8. The van der Waals surface area contributed by atoms with E-state index in [4.69, 9.17) is 0 Å². The van der Waals surface area contributed by atoms with Crippen molar-refractivity contribution in [3.05, 3.63) is 0 Å². The first kappa shape index (κ1) is 27.9. The molecule has 0 amide bonds. The van der Waals surface area contributed by atoms with Gasteiger partial charge in [0.25, 0.3) is 10.1 Å².